The van der Waals surface area contributed by atoms with E-state index in [0.717, 1.165) is 4.90 Å². The molecule has 4 nitrogen and oxygen atoms in total. The van der Waals surface area contributed by atoms with Crippen molar-refractivity contribution in [3.05, 3.63) is 0 Å². The average molecular weight is 250 g/mol. The summed E-state index contributed by atoms with van der Waals surface area (Å²) in [5.41, 5.74) is 4.97. The molecule has 1 aliphatic heterocycles. The van der Waals surface area contributed by atoms with Gasteiger partial charge in [0.25, 0.3) is 5.92 Å². The minimum absolute atomic E-state index is 0.116. The molecule has 0 aromatic rings. The molecule has 1 saturated heterocycles. The van der Waals surface area contributed by atoms with Crippen LogP contribution < -0.4 is 5.73 Å². The predicted octanol–water partition coefficient (Wildman–Crippen LogP) is 1.98. The van der Waals surface area contributed by atoms with E-state index in [9.17, 15) is 13.6 Å². The Kier molecular flexibility index (Phi) is 3.96. The molecular weight excluding hydrogens is 230 g/mol. The Labute approximate surface area is 100 Å². The lowest BCUT2D eigenvalue weighted by atomic mass is 10.1. The number of halogens is 2. The highest BCUT2D eigenvalue weighted by molar-refractivity contribution is 5.68. The van der Waals surface area contributed by atoms with Gasteiger partial charge in [-0.05, 0) is 27.2 Å². The molecular formula is C11H20F2N2O2. The van der Waals surface area contributed by atoms with Crippen LogP contribution in [0.4, 0.5) is 13.6 Å². The molecule has 1 fully saturated rings. The maximum absolute atomic E-state index is 13.4. The summed E-state index contributed by atoms with van der Waals surface area (Å²) in [4.78, 5) is 12.7. The van der Waals surface area contributed by atoms with Crippen LogP contribution in [0.5, 0.6) is 0 Å². The van der Waals surface area contributed by atoms with Crippen molar-refractivity contribution in [3.63, 3.8) is 0 Å². The molecule has 1 atom stereocenters. The molecule has 0 aliphatic carbocycles. The molecule has 17 heavy (non-hydrogen) atoms. The Morgan fingerprint density at radius 1 is 1.47 bits per heavy atom. The number of nitrogens with two attached hydrogens (primary N) is 1. The quantitative estimate of drug-likeness (QED) is 0.715. The van der Waals surface area contributed by atoms with Gasteiger partial charge in [-0.1, -0.05) is 0 Å². The Morgan fingerprint density at radius 3 is 2.59 bits per heavy atom. The van der Waals surface area contributed by atoms with Gasteiger partial charge in [0.1, 0.15) is 5.60 Å². The van der Waals surface area contributed by atoms with Crippen LogP contribution in [0.1, 0.15) is 33.6 Å². The molecule has 0 radical (unpaired) electrons. The van der Waals surface area contributed by atoms with Crippen LogP contribution in [0.3, 0.4) is 0 Å². The molecule has 0 unspecified atom stereocenters. The Morgan fingerprint density at radius 2 is 2.06 bits per heavy atom. The molecule has 0 saturated carbocycles. The number of carbonyl (C=O) groups is 1. The standard InChI is InChI=1S/C11H20F2N2O2/c1-10(2,3)17-9(16)15-6-8(14)4-5-11(12,13)7-15/h8H,4-7,14H2,1-3H3/t8-/m1/s1. The zero-order chi connectivity index (χ0) is 13.3. The number of rotatable bonds is 0. The average Bonchev–Trinajstić information content (AvgIpc) is 2.23. The lowest BCUT2D eigenvalue weighted by Gasteiger charge is -2.28. The van der Waals surface area contributed by atoms with E-state index in [2.05, 4.69) is 0 Å². The molecule has 100 valence electrons. The molecule has 0 spiro atoms. The molecule has 1 heterocycles. The van der Waals surface area contributed by atoms with Gasteiger partial charge in [0.2, 0.25) is 0 Å². The van der Waals surface area contributed by atoms with Crippen LogP contribution in [0, 0.1) is 0 Å². The summed E-state index contributed by atoms with van der Waals surface area (Å²) in [5.74, 6) is -2.88. The normalized spacial score (nSPS) is 25.3. The first-order valence-corrected chi connectivity index (χ1v) is 5.70. The highest BCUT2D eigenvalue weighted by Gasteiger charge is 2.38. The van der Waals surface area contributed by atoms with Crippen LogP contribution in [0.25, 0.3) is 0 Å². The van der Waals surface area contributed by atoms with Crippen molar-refractivity contribution < 1.29 is 18.3 Å². The van der Waals surface area contributed by atoms with Crippen molar-refractivity contribution >= 4 is 6.09 Å². The number of ether oxygens (including phenoxy) is 1. The molecule has 1 rings (SSSR count). The van der Waals surface area contributed by atoms with E-state index in [-0.39, 0.29) is 19.4 Å². The lowest BCUT2D eigenvalue weighted by molar-refractivity contribution is -0.0388. The van der Waals surface area contributed by atoms with Gasteiger partial charge < -0.3 is 15.4 Å². The van der Waals surface area contributed by atoms with E-state index in [4.69, 9.17) is 10.5 Å². The Bertz CT molecular complexity index is 290. The third-order valence-corrected chi connectivity index (χ3v) is 2.41. The summed E-state index contributed by atoms with van der Waals surface area (Å²) in [5, 5.41) is 0. The van der Waals surface area contributed by atoms with Crippen LogP contribution in [0.15, 0.2) is 0 Å². The second kappa shape index (κ2) is 4.76. The minimum Gasteiger partial charge on any atom is -0.444 e. The van der Waals surface area contributed by atoms with E-state index in [1.165, 1.54) is 0 Å². The number of likely N-dealkylation sites (tertiary alicyclic amines) is 1. The van der Waals surface area contributed by atoms with Crippen molar-refractivity contribution in [2.45, 2.75) is 51.2 Å². The number of carbonyl (C=O) groups excluding carboxylic acids is 1. The Balaban J connectivity index is 2.70. The molecule has 0 bridgehead atoms. The smallest absolute Gasteiger partial charge is 0.410 e. The van der Waals surface area contributed by atoms with E-state index in [1.807, 2.05) is 0 Å². The lowest BCUT2D eigenvalue weighted by Crippen LogP contribution is -2.45. The number of hydrogen-bond acceptors (Lipinski definition) is 3. The highest BCUT2D eigenvalue weighted by Crippen LogP contribution is 2.26. The summed E-state index contributed by atoms with van der Waals surface area (Å²) in [6.45, 7) is 4.59. The fourth-order valence-electron chi connectivity index (χ4n) is 1.66. The van der Waals surface area contributed by atoms with E-state index >= 15 is 0 Å². The topological polar surface area (TPSA) is 55.6 Å². The molecule has 2 N–H and O–H groups in total. The molecule has 6 heteroatoms. The first kappa shape index (κ1) is 14.2. The van der Waals surface area contributed by atoms with Gasteiger partial charge >= 0.3 is 6.09 Å². The molecule has 0 aromatic heterocycles. The fourth-order valence-corrected chi connectivity index (χ4v) is 1.66. The maximum atomic E-state index is 13.4. The summed E-state index contributed by atoms with van der Waals surface area (Å²) >= 11 is 0. The van der Waals surface area contributed by atoms with Gasteiger partial charge in [-0.2, -0.15) is 0 Å². The van der Waals surface area contributed by atoms with Crippen molar-refractivity contribution in [1.29, 1.82) is 0 Å². The number of nitrogens with zero attached hydrogens (tertiary/aromatic N) is 1. The minimum atomic E-state index is -2.88. The van der Waals surface area contributed by atoms with Gasteiger partial charge in [-0.3, -0.25) is 0 Å². The largest absolute Gasteiger partial charge is 0.444 e. The summed E-state index contributed by atoms with van der Waals surface area (Å²) in [6.07, 6.45) is -0.797. The van der Waals surface area contributed by atoms with E-state index in [0.29, 0.717) is 0 Å². The van der Waals surface area contributed by atoms with E-state index in [1.54, 1.807) is 20.8 Å². The van der Waals surface area contributed by atoms with Crippen molar-refractivity contribution in [2.24, 2.45) is 5.73 Å². The van der Waals surface area contributed by atoms with Crippen molar-refractivity contribution in [3.8, 4) is 0 Å². The van der Waals surface area contributed by atoms with Crippen LogP contribution >= 0.6 is 0 Å². The molecule has 1 amide bonds. The van der Waals surface area contributed by atoms with Crippen molar-refractivity contribution in [2.75, 3.05) is 13.1 Å². The van der Waals surface area contributed by atoms with Crippen molar-refractivity contribution in [1.82, 2.24) is 4.90 Å². The number of amides is 1. The van der Waals surface area contributed by atoms with Crippen LogP contribution in [0.2, 0.25) is 0 Å². The van der Waals surface area contributed by atoms with Gasteiger partial charge in [-0.15, -0.1) is 0 Å². The van der Waals surface area contributed by atoms with Crippen LogP contribution in [-0.2, 0) is 4.74 Å². The van der Waals surface area contributed by atoms with Gasteiger partial charge in [0.15, 0.2) is 0 Å². The van der Waals surface area contributed by atoms with Gasteiger partial charge in [-0.25, -0.2) is 13.6 Å². The highest BCUT2D eigenvalue weighted by atomic mass is 19.3. The van der Waals surface area contributed by atoms with E-state index < -0.39 is 30.2 Å². The first-order chi connectivity index (χ1) is 7.59. The zero-order valence-electron chi connectivity index (χ0n) is 10.5. The SMILES string of the molecule is CC(C)(C)OC(=O)N1C[C@H](N)CCC(F)(F)C1. The number of hydrogen-bond donors (Lipinski definition) is 1. The summed E-state index contributed by atoms with van der Waals surface area (Å²) in [7, 11) is 0. The molecule has 0 aromatic carbocycles. The van der Waals surface area contributed by atoms with Gasteiger partial charge in [0, 0.05) is 19.0 Å². The van der Waals surface area contributed by atoms with Crippen LogP contribution in [-0.4, -0.2) is 41.6 Å². The zero-order valence-corrected chi connectivity index (χ0v) is 10.5. The fraction of sp³-hybridized carbons (Fsp3) is 0.909. The first-order valence-electron chi connectivity index (χ1n) is 5.70. The second-order valence-corrected chi connectivity index (χ2v) is 5.52. The van der Waals surface area contributed by atoms with Gasteiger partial charge in [0.05, 0.1) is 6.54 Å². The monoisotopic (exact) mass is 250 g/mol. The second-order valence-electron chi connectivity index (χ2n) is 5.52. The Hall–Kier alpha value is -0.910. The number of alkyl halides is 2. The molecule has 1 aliphatic rings. The third kappa shape index (κ3) is 4.85. The third-order valence-electron chi connectivity index (χ3n) is 2.41. The summed E-state index contributed by atoms with van der Waals surface area (Å²) in [6, 6.07) is -0.420. The maximum Gasteiger partial charge on any atom is 0.410 e. The summed E-state index contributed by atoms with van der Waals surface area (Å²) < 4.78 is 31.8. The predicted molar refractivity (Wildman–Crippen MR) is 60.0 cm³/mol.